The first-order chi connectivity index (χ1) is 9.22. The van der Waals surface area contributed by atoms with Gasteiger partial charge in [0.05, 0.1) is 6.07 Å². The minimum atomic E-state index is -0.322. The predicted octanol–water partition coefficient (Wildman–Crippen LogP) is 4.39. The van der Waals surface area contributed by atoms with Gasteiger partial charge in [-0.25, -0.2) is 0 Å². The molecule has 96 valence electrons. The van der Waals surface area contributed by atoms with Crippen molar-refractivity contribution in [2.24, 2.45) is 0 Å². The van der Waals surface area contributed by atoms with Crippen molar-refractivity contribution in [3.05, 3.63) is 59.7 Å². The highest BCUT2D eigenvalue weighted by atomic mass is 32.2. The Labute approximate surface area is 118 Å². The molecule has 2 nitrogen and oxygen atoms in total. The molecule has 0 radical (unpaired) electrons. The molecule has 19 heavy (non-hydrogen) atoms. The number of thioether (sulfide) groups is 1. The second-order valence-corrected chi connectivity index (χ2v) is 5.23. The average Bonchev–Trinajstić information content (AvgIpc) is 2.45. The van der Waals surface area contributed by atoms with E-state index in [1.165, 1.54) is 10.5 Å². The first-order valence-corrected chi connectivity index (χ1v) is 7.32. The quantitative estimate of drug-likeness (QED) is 0.835. The lowest BCUT2D eigenvalue weighted by molar-refractivity contribution is 0.993. The number of hydrogen-bond acceptors (Lipinski definition) is 3. The first-order valence-electron chi connectivity index (χ1n) is 6.09. The van der Waals surface area contributed by atoms with Crippen LogP contribution in [0, 0.1) is 18.3 Å². The molecule has 0 saturated heterocycles. The van der Waals surface area contributed by atoms with E-state index < -0.39 is 0 Å². The summed E-state index contributed by atoms with van der Waals surface area (Å²) >= 11 is 1.70. The van der Waals surface area contributed by atoms with Gasteiger partial charge in [0.15, 0.2) is 0 Å². The van der Waals surface area contributed by atoms with E-state index in [-0.39, 0.29) is 6.04 Å². The molecular weight excluding hydrogens is 252 g/mol. The molecule has 3 heteroatoms. The van der Waals surface area contributed by atoms with E-state index in [1.807, 2.05) is 61.7 Å². The normalized spacial score (nSPS) is 11.6. The molecule has 0 fully saturated rings. The highest BCUT2D eigenvalue weighted by Crippen LogP contribution is 2.22. The summed E-state index contributed by atoms with van der Waals surface area (Å²) in [5.41, 5.74) is 3.14. The molecule has 2 aromatic carbocycles. The summed E-state index contributed by atoms with van der Waals surface area (Å²) in [5.74, 6) is 0. The van der Waals surface area contributed by atoms with Gasteiger partial charge >= 0.3 is 0 Å². The summed E-state index contributed by atoms with van der Waals surface area (Å²) in [6.07, 6.45) is 2.04. The van der Waals surface area contributed by atoms with Crippen LogP contribution >= 0.6 is 11.8 Å². The summed E-state index contributed by atoms with van der Waals surface area (Å²) in [6.45, 7) is 2.04. The number of nitrogens with one attached hydrogen (secondary N) is 1. The maximum absolute atomic E-state index is 9.32. The summed E-state index contributed by atoms with van der Waals surface area (Å²) in [6, 6.07) is 18.1. The van der Waals surface area contributed by atoms with Crippen LogP contribution in [0.2, 0.25) is 0 Å². The van der Waals surface area contributed by atoms with Gasteiger partial charge in [-0.2, -0.15) is 5.26 Å². The Bertz CT molecular complexity index is 584. The van der Waals surface area contributed by atoms with Crippen LogP contribution in [0.5, 0.6) is 0 Å². The molecule has 0 aliphatic rings. The molecule has 0 amide bonds. The van der Waals surface area contributed by atoms with E-state index in [2.05, 4.69) is 11.4 Å². The highest BCUT2D eigenvalue weighted by Gasteiger charge is 2.10. The van der Waals surface area contributed by atoms with Gasteiger partial charge in [-0.3, -0.25) is 0 Å². The lowest BCUT2D eigenvalue weighted by Gasteiger charge is -2.14. The molecule has 0 aliphatic heterocycles. The standard InChI is InChI=1S/C16H16N2S/c1-12-4-3-5-14(10-12)18-16(11-17)13-6-8-15(19-2)9-7-13/h3-10,16,18H,1-2H3. The van der Waals surface area contributed by atoms with Crippen molar-refractivity contribution in [3.8, 4) is 6.07 Å². The summed E-state index contributed by atoms with van der Waals surface area (Å²) < 4.78 is 0. The smallest absolute Gasteiger partial charge is 0.140 e. The van der Waals surface area contributed by atoms with E-state index in [0.29, 0.717) is 0 Å². The van der Waals surface area contributed by atoms with Gasteiger partial charge in [-0.1, -0.05) is 24.3 Å². The molecule has 1 atom stereocenters. The van der Waals surface area contributed by atoms with E-state index in [0.717, 1.165) is 11.3 Å². The third-order valence-electron chi connectivity index (χ3n) is 2.91. The van der Waals surface area contributed by atoms with Crippen molar-refractivity contribution in [1.82, 2.24) is 0 Å². The summed E-state index contributed by atoms with van der Waals surface area (Å²) in [4.78, 5) is 1.20. The van der Waals surface area contributed by atoms with Gasteiger partial charge < -0.3 is 5.32 Å². The van der Waals surface area contributed by atoms with Crippen molar-refractivity contribution < 1.29 is 0 Å². The van der Waals surface area contributed by atoms with Crippen LogP contribution < -0.4 is 5.32 Å². The Balaban J connectivity index is 2.18. The fourth-order valence-electron chi connectivity index (χ4n) is 1.89. The molecule has 2 aromatic rings. The molecule has 1 N–H and O–H groups in total. The number of nitriles is 1. The number of aryl methyl sites for hydroxylation is 1. The van der Waals surface area contributed by atoms with Crippen molar-refractivity contribution in [3.63, 3.8) is 0 Å². The molecule has 2 rings (SSSR count). The van der Waals surface area contributed by atoms with Crippen LogP contribution in [0.4, 0.5) is 5.69 Å². The SMILES string of the molecule is CSc1ccc(C(C#N)Nc2cccc(C)c2)cc1. The average molecular weight is 268 g/mol. The Kier molecular flexibility index (Phi) is 4.48. The summed E-state index contributed by atoms with van der Waals surface area (Å²) in [7, 11) is 0. The third kappa shape index (κ3) is 3.52. The van der Waals surface area contributed by atoms with Crippen LogP contribution in [-0.4, -0.2) is 6.26 Å². The van der Waals surface area contributed by atoms with Crippen molar-refractivity contribution in [1.29, 1.82) is 5.26 Å². The number of hydrogen-bond donors (Lipinski definition) is 1. The summed E-state index contributed by atoms with van der Waals surface area (Å²) in [5, 5.41) is 12.6. The van der Waals surface area contributed by atoms with Gasteiger partial charge in [0.25, 0.3) is 0 Å². The minimum absolute atomic E-state index is 0.322. The van der Waals surface area contributed by atoms with Gasteiger partial charge in [0.1, 0.15) is 6.04 Å². The topological polar surface area (TPSA) is 35.8 Å². The van der Waals surface area contributed by atoms with Crippen molar-refractivity contribution in [2.45, 2.75) is 17.9 Å². The molecule has 0 aliphatic carbocycles. The zero-order valence-corrected chi connectivity index (χ0v) is 11.9. The maximum Gasteiger partial charge on any atom is 0.140 e. The zero-order valence-electron chi connectivity index (χ0n) is 11.1. The Morgan fingerprint density at radius 2 is 1.89 bits per heavy atom. The van der Waals surface area contributed by atoms with E-state index >= 15 is 0 Å². The second-order valence-electron chi connectivity index (χ2n) is 4.35. The molecule has 0 aromatic heterocycles. The van der Waals surface area contributed by atoms with Gasteiger partial charge in [0.2, 0.25) is 0 Å². The van der Waals surface area contributed by atoms with Gasteiger partial charge in [-0.05, 0) is 48.6 Å². The molecular formula is C16H16N2S. The fourth-order valence-corrected chi connectivity index (χ4v) is 2.30. The lowest BCUT2D eigenvalue weighted by Crippen LogP contribution is -2.08. The first kappa shape index (κ1) is 13.5. The van der Waals surface area contributed by atoms with E-state index in [4.69, 9.17) is 0 Å². The van der Waals surface area contributed by atoms with Crippen LogP contribution in [0.1, 0.15) is 17.2 Å². The molecule has 0 saturated carbocycles. The highest BCUT2D eigenvalue weighted by molar-refractivity contribution is 7.98. The molecule has 0 bridgehead atoms. The Morgan fingerprint density at radius 1 is 1.16 bits per heavy atom. The lowest BCUT2D eigenvalue weighted by atomic mass is 10.1. The number of nitrogens with zero attached hydrogens (tertiary/aromatic N) is 1. The number of anilines is 1. The molecule has 1 unspecified atom stereocenters. The largest absolute Gasteiger partial charge is 0.366 e. The van der Waals surface area contributed by atoms with E-state index in [1.54, 1.807) is 11.8 Å². The van der Waals surface area contributed by atoms with Gasteiger partial charge in [-0.15, -0.1) is 11.8 Å². The van der Waals surface area contributed by atoms with Crippen LogP contribution in [0.15, 0.2) is 53.4 Å². The minimum Gasteiger partial charge on any atom is -0.366 e. The zero-order chi connectivity index (χ0) is 13.7. The molecule has 0 heterocycles. The van der Waals surface area contributed by atoms with Crippen molar-refractivity contribution in [2.75, 3.05) is 11.6 Å². The van der Waals surface area contributed by atoms with Gasteiger partial charge in [0, 0.05) is 10.6 Å². The predicted molar refractivity (Wildman–Crippen MR) is 81.4 cm³/mol. The van der Waals surface area contributed by atoms with Crippen LogP contribution in [0.3, 0.4) is 0 Å². The Morgan fingerprint density at radius 3 is 2.47 bits per heavy atom. The van der Waals surface area contributed by atoms with Crippen molar-refractivity contribution >= 4 is 17.4 Å². The van der Waals surface area contributed by atoms with Crippen LogP contribution in [0.25, 0.3) is 0 Å². The second kappa shape index (κ2) is 6.31. The Hall–Kier alpha value is -1.92. The third-order valence-corrected chi connectivity index (χ3v) is 3.65. The van der Waals surface area contributed by atoms with Crippen LogP contribution in [-0.2, 0) is 0 Å². The number of rotatable bonds is 4. The number of benzene rings is 2. The van der Waals surface area contributed by atoms with E-state index in [9.17, 15) is 5.26 Å². The fraction of sp³-hybridized carbons (Fsp3) is 0.188. The maximum atomic E-state index is 9.32. The monoisotopic (exact) mass is 268 g/mol. The molecule has 0 spiro atoms.